The summed E-state index contributed by atoms with van der Waals surface area (Å²) in [5.74, 6) is -1.83. The van der Waals surface area contributed by atoms with E-state index in [0.29, 0.717) is 33.8 Å². The lowest BCUT2D eigenvalue weighted by Crippen LogP contribution is -2.24. The standard InChI is InChI=1S/C21H20FNO4S/c1-12-8-19-18(17(12)11-21(25)26)9-14(22)10-20(19)23(13(2)24)15-4-6-16(7-5-15)28(3)27/h4-7,9-10H,8,11H2,1-3H3,(H,25,26). The summed E-state index contributed by atoms with van der Waals surface area (Å²) in [5, 5.41) is 9.18. The van der Waals surface area contributed by atoms with E-state index in [9.17, 15) is 23.3 Å². The van der Waals surface area contributed by atoms with Gasteiger partial charge >= 0.3 is 5.97 Å². The fraction of sp³-hybridized carbons (Fsp3) is 0.238. The van der Waals surface area contributed by atoms with Gasteiger partial charge in [0.25, 0.3) is 0 Å². The molecule has 1 atom stereocenters. The van der Waals surface area contributed by atoms with Crippen LogP contribution in [-0.2, 0) is 26.8 Å². The second-order valence-corrected chi connectivity index (χ2v) is 8.14. The first-order valence-corrected chi connectivity index (χ1v) is 10.2. The monoisotopic (exact) mass is 401 g/mol. The average molecular weight is 401 g/mol. The summed E-state index contributed by atoms with van der Waals surface area (Å²) in [6.07, 6.45) is 1.82. The number of hydrogen-bond donors (Lipinski definition) is 1. The Morgan fingerprint density at radius 3 is 2.39 bits per heavy atom. The molecular formula is C21H20FNO4S. The second-order valence-electron chi connectivity index (χ2n) is 6.76. The number of fused-ring (bicyclic) bond motifs is 1. The third kappa shape index (κ3) is 3.75. The smallest absolute Gasteiger partial charge is 0.307 e. The first-order valence-electron chi connectivity index (χ1n) is 8.66. The summed E-state index contributed by atoms with van der Waals surface area (Å²) < 4.78 is 26.0. The highest BCUT2D eigenvalue weighted by Crippen LogP contribution is 2.42. The highest BCUT2D eigenvalue weighted by molar-refractivity contribution is 7.84. The number of carbonyl (C=O) groups excluding carboxylic acids is 1. The Morgan fingerprint density at radius 2 is 1.86 bits per heavy atom. The van der Waals surface area contributed by atoms with Gasteiger partial charge in [-0.05, 0) is 66.4 Å². The molecule has 7 heteroatoms. The highest BCUT2D eigenvalue weighted by atomic mass is 32.2. The molecule has 2 aromatic rings. The molecule has 0 radical (unpaired) electrons. The van der Waals surface area contributed by atoms with Crippen LogP contribution in [0.4, 0.5) is 15.8 Å². The predicted octanol–water partition coefficient (Wildman–Crippen LogP) is 4.05. The Balaban J connectivity index is 2.13. The summed E-state index contributed by atoms with van der Waals surface area (Å²) in [5.41, 5.74) is 3.63. The molecule has 0 aromatic heterocycles. The van der Waals surface area contributed by atoms with Crippen molar-refractivity contribution in [3.63, 3.8) is 0 Å². The van der Waals surface area contributed by atoms with Gasteiger partial charge in [-0.3, -0.25) is 18.7 Å². The molecule has 28 heavy (non-hydrogen) atoms. The lowest BCUT2D eigenvalue weighted by molar-refractivity contribution is -0.135. The maximum absolute atomic E-state index is 14.4. The van der Waals surface area contributed by atoms with Crippen LogP contribution in [0.3, 0.4) is 0 Å². The van der Waals surface area contributed by atoms with Crippen LogP contribution in [0.25, 0.3) is 5.57 Å². The zero-order valence-electron chi connectivity index (χ0n) is 15.8. The number of benzene rings is 2. The number of carboxylic acid groups (broad SMARTS) is 1. The largest absolute Gasteiger partial charge is 0.481 e. The number of nitrogens with zero attached hydrogens (tertiary/aromatic N) is 1. The molecule has 0 bridgehead atoms. The van der Waals surface area contributed by atoms with Gasteiger partial charge in [-0.2, -0.15) is 0 Å². The van der Waals surface area contributed by atoms with Crippen molar-refractivity contribution >= 4 is 39.6 Å². The first-order chi connectivity index (χ1) is 13.2. The van der Waals surface area contributed by atoms with Crippen LogP contribution in [0.15, 0.2) is 46.9 Å². The number of carbonyl (C=O) groups is 2. The van der Waals surface area contributed by atoms with E-state index >= 15 is 0 Å². The van der Waals surface area contributed by atoms with Crippen molar-refractivity contribution in [3.8, 4) is 0 Å². The van der Waals surface area contributed by atoms with Crippen molar-refractivity contribution in [2.75, 3.05) is 11.2 Å². The molecule has 1 aliphatic carbocycles. The number of amides is 1. The van der Waals surface area contributed by atoms with Crippen LogP contribution in [-0.4, -0.2) is 27.4 Å². The molecule has 1 N–H and O–H groups in total. The maximum Gasteiger partial charge on any atom is 0.307 e. The molecule has 0 spiro atoms. The summed E-state index contributed by atoms with van der Waals surface area (Å²) in [6, 6.07) is 9.30. The van der Waals surface area contributed by atoms with Gasteiger partial charge in [-0.15, -0.1) is 0 Å². The zero-order valence-corrected chi connectivity index (χ0v) is 16.6. The van der Waals surface area contributed by atoms with Crippen molar-refractivity contribution < 1.29 is 23.3 Å². The Morgan fingerprint density at radius 1 is 1.21 bits per heavy atom. The Labute approximate surface area is 164 Å². The molecule has 1 amide bonds. The zero-order chi connectivity index (χ0) is 20.6. The van der Waals surface area contributed by atoms with E-state index in [1.165, 1.54) is 24.0 Å². The van der Waals surface area contributed by atoms with Gasteiger partial charge in [0.1, 0.15) is 5.82 Å². The van der Waals surface area contributed by atoms with Gasteiger partial charge < -0.3 is 5.11 Å². The van der Waals surface area contributed by atoms with Crippen LogP contribution in [0, 0.1) is 5.82 Å². The molecule has 1 aliphatic rings. The minimum Gasteiger partial charge on any atom is -0.481 e. The van der Waals surface area contributed by atoms with E-state index in [1.54, 1.807) is 30.5 Å². The molecule has 1 unspecified atom stereocenters. The van der Waals surface area contributed by atoms with Crippen LogP contribution >= 0.6 is 0 Å². The van der Waals surface area contributed by atoms with Crippen molar-refractivity contribution in [1.82, 2.24) is 0 Å². The molecule has 5 nitrogen and oxygen atoms in total. The number of carboxylic acids is 1. The topological polar surface area (TPSA) is 74.7 Å². The third-order valence-corrected chi connectivity index (χ3v) is 5.72. The Bertz CT molecular complexity index is 1030. The van der Waals surface area contributed by atoms with Gasteiger partial charge in [0.15, 0.2) is 0 Å². The van der Waals surface area contributed by atoms with Gasteiger partial charge in [0.05, 0.1) is 12.1 Å². The Hall–Kier alpha value is -2.80. The van der Waals surface area contributed by atoms with E-state index < -0.39 is 22.6 Å². The number of hydrogen-bond acceptors (Lipinski definition) is 3. The van der Waals surface area contributed by atoms with Crippen molar-refractivity contribution in [2.45, 2.75) is 31.6 Å². The minimum absolute atomic E-state index is 0.196. The summed E-state index contributed by atoms with van der Waals surface area (Å²) in [4.78, 5) is 25.7. The van der Waals surface area contributed by atoms with Crippen molar-refractivity contribution in [3.05, 3.63) is 58.9 Å². The molecule has 0 heterocycles. The van der Waals surface area contributed by atoms with Crippen LogP contribution in [0.2, 0.25) is 0 Å². The Kier molecular flexibility index (Phi) is 5.47. The average Bonchev–Trinajstić information content (AvgIpc) is 2.91. The van der Waals surface area contributed by atoms with Crippen LogP contribution in [0.1, 0.15) is 31.4 Å². The number of halogens is 1. The van der Waals surface area contributed by atoms with Gasteiger partial charge in [0.2, 0.25) is 5.91 Å². The molecule has 0 aliphatic heterocycles. The van der Waals surface area contributed by atoms with Crippen molar-refractivity contribution in [1.29, 1.82) is 0 Å². The third-order valence-electron chi connectivity index (χ3n) is 4.78. The molecule has 146 valence electrons. The molecular weight excluding hydrogens is 381 g/mol. The molecule has 3 rings (SSSR count). The van der Waals surface area contributed by atoms with Crippen LogP contribution in [0.5, 0.6) is 0 Å². The lowest BCUT2D eigenvalue weighted by atomic mass is 10.0. The highest BCUT2D eigenvalue weighted by Gasteiger charge is 2.28. The fourth-order valence-electron chi connectivity index (χ4n) is 3.55. The first kappa shape index (κ1) is 19.9. The SMILES string of the molecule is CC(=O)N(c1ccc(S(C)=O)cc1)c1cc(F)cc2c1CC(C)=C2CC(=O)O. The van der Waals surface area contributed by atoms with E-state index in [2.05, 4.69) is 0 Å². The summed E-state index contributed by atoms with van der Waals surface area (Å²) in [7, 11) is -1.15. The molecule has 2 aromatic carbocycles. The quantitative estimate of drug-likeness (QED) is 0.820. The van der Waals surface area contributed by atoms with E-state index in [1.807, 2.05) is 6.92 Å². The second kappa shape index (κ2) is 7.67. The van der Waals surface area contributed by atoms with E-state index in [0.717, 1.165) is 11.1 Å². The number of rotatable bonds is 5. The minimum atomic E-state index is -1.15. The van der Waals surface area contributed by atoms with Crippen LogP contribution < -0.4 is 4.90 Å². The summed E-state index contributed by atoms with van der Waals surface area (Å²) >= 11 is 0. The molecule has 0 saturated carbocycles. The fourth-order valence-corrected chi connectivity index (χ4v) is 4.07. The lowest BCUT2D eigenvalue weighted by Gasteiger charge is -2.25. The molecule has 0 fully saturated rings. The number of aliphatic carboxylic acids is 1. The number of allylic oxidation sites excluding steroid dienone is 1. The van der Waals surface area contributed by atoms with Crippen molar-refractivity contribution in [2.24, 2.45) is 0 Å². The summed E-state index contributed by atoms with van der Waals surface area (Å²) in [6.45, 7) is 3.21. The normalized spacial score (nSPS) is 14.0. The van der Waals surface area contributed by atoms with E-state index in [-0.39, 0.29) is 12.3 Å². The van der Waals surface area contributed by atoms with Gasteiger partial charge in [-0.1, -0.05) is 5.57 Å². The number of anilines is 2. The predicted molar refractivity (Wildman–Crippen MR) is 107 cm³/mol. The van der Waals surface area contributed by atoms with Gasteiger partial charge in [0, 0.05) is 34.6 Å². The van der Waals surface area contributed by atoms with E-state index in [4.69, 9.17) is 0 Å². The molecule has 0 saturated heterocycles. The van der Waals surface area contributed by atoms with Gasteiger partial charge in [-0.25, -0.2) is 4.39 Å². The maximum atomic E-state index is 14.4.